The molecule has 0 amide bonds. The third-order valence-corrected chi connectivity index (χ3v) is 3.40. The molecule has 0 bridgehead atoms. The van der Waals surface area contributed by atoms with Gasteiger partial charge in [0.2, 0.25) is 0 Å². The average molecular weight is 219 g/mol. The Morgan fingerprint density at radius 1 is 1.27 bits per heavy atom. The summed E-state index contributed by atoms with van der Waals surface area (Å²) in [5.41, 5.74) is -0.358. The van der Waals surface area contributed by atoms with E-state index in [-0.39, 0.29) is 11.6 Å². The molecular weight excluding hydrogens is 200 g/mol. The van der Waals surface area contributed by atoms with E-state index in [1.165, 1.54) is 0 Å². The van der Waals surface area contributed by atoms with Gasteiger partial charge in [0.05, 0.1) is 18.2 Å². The molecule has 0 saturated carbocycles. The Labute approximate surface area is 89.6 Å². The Bertz CT molecular complexity index is 221. The van der Waals surface area contributed by atoms with E-state index in [4.69, 9.17) is 4.74 Å². The number of fused-ring (bicyclic) bond motifs is 1. The maximum absolute atomic E-state index is 13.3. The van der Waals surface area contributed by atoms with Crippen LogP contribution in [0.5, 0.6) is 0 Å². The molecule has 2 unspecified atom stereocenters. The van der Waals surface area contributed by atoms with Crippen LogP contribution in [0.2, 0.25) is 0 Å². The van der Waals surface area contributed by atoms with Gasteiger partial charge in [-0.3, -0.25) is 4.90 Å². The van der Waals surface area contributed by atoms with Crippen molar-refractivity contribution < 1.29 is 13.5 Å². The van der Waals surface area contributed by atoms with Gasteiger partial charge in [0.25, 0.3) is 0 Å². The second kappa shape index (κ2) is 3.98. The summed E-state index contributed by atoms with van der Waals surface area (Å²) in [7, 11) is 0. The largest absolute Gasteiger partial charge is 0.377 e. The van der Waals surface area contributed by atoms with Gasteiger partial charge in [-0.05, 0) is 13.8 Å². The van der Waals surface area contributed by atoms with E-state index in [1.54, 1.807) is 0 Å². The number of alkyl halides is 2. The number of rotatable bonds is 3. The highest BCUT2D eigenvalue weighted by Crippen LogP contribution is 2.41. The van der Waals surface area contributed by atoms with Crippen LogP contribution in [0.1, 0.15) is 26.7 Å². The molecule has 2 fully saturated rings. The molecule has 2 atom stereocenters. The lowest BCUT2D eigenvalue weighted by atomic mass is 9.94. The number of hydrogen-bond donors (Lipinski definition) is 0. The Hall–Kier alpha value is -0.220. The maximum Gasteiger partial charge on any atom is 0.115 e. The van der Waals surface area contributed by atoms with Crippen LogP contribution >= 0.6 is 0 Å². The van der Waals surface area contributed by atoms with E-state index in [0.717, 1.165) is 0 Å². The molecule has 0 spiro atoms. The second-order valence-electron chi connectivity index (χ2n) is 5.09. The summed E-state index contributed by atoms with van der Waals surface area (Å²) < 4.78 is 32.2. The van der Waals surface area contributed by atoms with Crippen molar-refractivity contribution in [2.45, 2.75) is 50.7 Å². The predicted molar refractivity (Wildman–Crippen MR) is 54.4 cm³/mol. The summed E-state index contributed by atoms with van der Waals surface area (Å²) in [4.78, 5) is 1.94. The quantitative estimate of drug-likeness (QED) is 0.719. The molecule has 0 aromatic carbocycles. The van der Waals surface area contributed by atoms with E-state index in [1.807, 2.05) is 18.7 Å². The van der Waals surface area contributed by atoms with Crippen LogP contribution in [0, 0.1) is 0 Å². The van der Waals surface area contributed by atoms with Crippen molar-refractivity contribution in [2.75, 3.05) is 19.7 Å². The fourth-order valence-electron chi connectivity index (χ4n) is 2.77. The minimum absolute atomic E-state index is 0.124. The Morgan fingerprint density at radius 3 is 2.27 bits per heavy atom. The molecule has 2 nitrogen and oxygen atoms in total. The molecule has 2 saturated heterocycles. The zero-order valence-electron chi connectivity index (χ0n) is 9.38. The molecule has 0 N–H and O–H groups in total. The highest BCUT2D eigenvalue weighted by atomic mass is 19.1. The summed E-state index contributed by atoms with van der Waals surface area (Å²) in [5.74, 6) is 0. The molecule has 2 rings (SSSR count). The topological polar surface area (TPSA) is 12.5 Å². The molecule has 88 valence electrons. The highest BCUT2D eigenvalue weighted by Gasteiger charge is 2.52. The number of hydrogen-bond acceptors (Lipinski definition) is 2. The molecule has 0 aromatic heterocycles. The molecule has 0 aliphatic carbocycles. The van der Waals surface area contributed by atoms with Crippen molar-refractivity contribution >= 4 is 0 Å². The van der Waals surface area contributed by atoms with E-state index < -0.39 is 12.3 Å². The van der Waals surface area contributed by atoms with Crippen LogP contribution in [-0.2, 0) is 4.74 Å². The average Bonchev–Trinajstić information content (AvgIpc) is 2.53. The minimum Gasteiger partial charge on any atom is -0.377 e. The summed E-state index contributed by atoms with van der Waals surface area (Å²) >= 11 is 0. The van der Waals surface area contributed by atoms with Crippen LogP contribution in [0.15, 0.2) is 0 Å². The first-order valence-corrected chi connectivity index (χ1v) is 5.67. The summed E-state index contributed by atoms with van der Waals surface area (Å²) in [6.45, 7) is 5.12. The van der Waals surface area contributed by atoms with Crippen LogP contribution in [-0.4, -0.2) is 48.6 Å². The van der Waals surface area contributed by atoms with Gasteiger partial charge in [0.15, 0.2) is 0 Å². The Morgan fingerprint density at radius 2 is 1.80 bits per heavy atom. The van der Waals surface area contributed by atoms with Crippen molar-refractivity contribution in [1.29, 1.82) is 0 Å². The van der Waals surface area contributed by atoms with E-state index in [0.29, 0.717) is 32.5 Å². The van der Waals surface area contributed by atoms with Gasteiger partial charge in [-0.2, -0.15) is 0 Å². The van der Waals surface area contributed by atoms with Crippen molar-refractivity contribution in [3.8, 4) is 0 Å². The van der Waals surface area contributed by atoms with Gasteiger partial charge < -0.3 is 4.74 Å². The maximum atomic E-state index is 13.3. The van der Waals surface area contributed by atoms with Crippen LogP contribution in [0.25, 0.3) is 0 Å². The van der Waals surface area contributed by atoms with Gasteiger partial charge >= 0.3 is 0 Å². The standard InChI is InChI=1S/C11H19F2NO/c1-8(2)15-7-11-3-9(12)5-14(11)6-10(13)4-11/h8-10H,3-7H2,1-2H3. The highest BCUT2D eigenvalue weighted by molar-refractivity contribution is 5.06. The van der Waals surface area contributed by atoms with E-state index >= 15 is 0 Å². The smallest absolute Gasteiger partial charge is 0.115 e. The molecule has 2 heterocycles. The van der Waals surface area contributed by atoms with Crippen LogP contribution in [0.4, 0.5) is 8.78 Å². The van der Waals surface area contributed by atoms with E-state index in [2.05, 4.69) is 0 Å². The SMILES string of the molecule is CC(C)OCC12CC(F)CN1CC(F)C2. The van der Waals surface area contributed by atoms with Gasteiger partial charge in [-0.1, -0.05) is 0 Å². The summed E-state index contributed by atoms with van der Waals surface area (Å²) in [6.07, 6.45) is -0.639. The Kier molecular flexibility index (Phi) is 2.99. The first kappa shape index (κ1) is 11.3. The molecule has 0 aromatic rings. The van der Waals surface area contributed by atoms with Gasteiger partial charge in [-0.15, -0.1) is 0 Å². The first-order valence-electron chi connectivity index (χ1n) is 5.67. The molecule has 4 heteroatoms. The van der Waals surface area contributed by atoms with Gasteiger partial charge in [0, 0.05) is 25.9 Å². The Balaban J connectivity index is 2.02. The molecule has 0 radical (unpaired) electrons. The second-order valence-corrected chi connectivity index (χ2v) is 5.09. The first-order chi connectivity index (χ1) is 7.02. The fourth-order valence-corrected chi connectivity index (χ4v) is 2.77. The van der Waals surface area contributed by atoms with Crippen molar-refractivity contribution in [3.05, 3.63) is 0 Å². The minimum atomic E-state index is -0.812. The lowest BCUT2D eigenvalue weighted by Gasteiger charge is -2.31. The molecule has 2 aliphatic rings. The van der Waals surface area contributed by atoms with Crippen molar-refractivity contribution in [2.24, 2.45) is 0 Å². The molecule has 2 aliphatic heterocycles. The molecule has 15 heavy (non-hydrogen) atoms. The molecular formula is C11H19F2NO. The zero-order valence-corrected chi connectivity index (χ0v) is 9.38. The van der Waals surface area contributed by atoms with Gasteiger partial charge in [-0.25, -0.2) is 8.78 Å². The summed E-state index contributed by atoms with van der Waals surface area (Å²) in [6, 6.07) is 0. The van der Waals surface area contributed by atoms with Crippen LogP contribution in [0.3, 0.4) is 0 Å². The third kappa shape index (κ3) is 2.16. The summed E-state index contributed by atoms with van der Waals surface area (Å²) in [5, 5.41) is 0. The number of ether oxygens (including phenoxy) is 1. The zero-order chi connectivity index (χ0) is 11.1. The monoisotopic (exact) mass is 219 g/mol. The lowest BCUT2D eigenvalue weighted by Crippen LogP contribution is -2.43. The fraction of sp³-hybridized carbons (Fsp3) is 1.00. The third-order valence-electron chi connectivity index (χ3n) is 3.40. The van der Waals surface area contributed by atoms with Crippen molar-refractivity contribution in [3.63, 3.8) is 0 Å². The van der Waals surface area contributed by atoms with Gasteiger partial charge in [0.1, 0.15) is 12.3 Å². The normalized spacial score (nSPS) is 41.4. The van der Waals surface area contributed by atoms with Crippen LogP contribution < -0.4 is 0 Å². The predicted octanol–water partition coefficient (Wildman–Crippen LogP) is 1.94. The van der Waals surface area contributed by atoms with E-state index in [9.17, 15) is 8.78 Å². The number of halogens is 2. The van der Waals surface area contributed by atoms with Crippen molar-refractivity contribution in [1.82, 2.24) is 4.90 Å². The number of nitrogens with zero attached hydrogens (tertiary/aromatic N) is 1. The lowest BCUT2D eigenvalue weighted by molar-refractivity contribution is 0.00236.